The molecule has 0 spiro atoms. The number of aryl methyl sites for hydroxylation is 1. The van der Waals surface area contributed by atoms with Gasteiger partial charge in [0, 0.05) is 6.20 Å². The second kappa shape index (κ2) is 5.61. The number of nitrogens with one attached hydrogen (secondary N) is 1. The van der Waals surface area contributed by atoms with Crippen LogP contribution < -0.4 is 5.32 Å². The first kappa shape index (κ1) is 14.3. The third-order valence-electron chi connectivity index (χ3n) is 3.25. The van der Waals surface area contributed by atoms with Gasteiger partial charge in [0.15, 0.2) is 5.82 Å². The minimum Gasteiger partial charge on any atom is -0.478 e. The Morgan fingerprint density at radius 3 is 2.86 bits per heavy atom. The van der Waals surface area contributed by atoms with Crippen LogP contribution in [0.3, 0.4) is 0 Å². The van der Waals surface area contributed by atoms with Crippen LogP contribution in [0.4, 0.5) is 11.5 Å². The quantitative estimate of drug-likeness (QED) is 0.719. The predicted molar refractivity (Wildman–Crippen MR) is 81.9 cm³/mol. The molecular weight excluding hydrogens is 306 g/mol. The second-order valence-electron chi connectivity index (χ2n) is 4.58. The monoisotopic (exact) mass is 317 g/mol. The number of hydrogen-bond donors (Lipinski definition) is 2. The van der Waals surface area contributed by atoms with E-state index in [4.69, 9.17) is 11.6 Å². The molecular formula is C14H12ClN5O2. The summed E-state index contributed by atoms with van der Waals surface area (Å²) in [5.74, 6) is -0.468. The first-order chi connectivity index (χ1) is 10.6. The Morgan fingerprint density at radius 1 is 1.41 bits per heavy atom. The summed E-state index contributed by atoms with van der Waals surface area (Å²) in [6.07, 6.45) is 4.99. The van der Waals surface area contributed by atoms with Gasteiger partial charge in [-0.05, 0) is 24.1 Å². The zero-order valence-corrected chi connectivity index (χ0v) is 12.4. The van der Waals surface area contributed by atoms with E-state index < -0.39 is 5.97 Å². The molecule has 0 aliphatic rings. The fourth-order valence-corrected chi connectivity index (χ4v) is 2.41. The molecule has 8 heteroatoms. The smallest absolute Gasteiger partial charge is 0.337 e. The summed E-state index contributed by atoms with van der Waals surface area (Å²) in [7, 11) is 0. The number of aromatic nitrogens is 4. The second-order valence-corrected chi connectivity index (χ2v) is 4.96. The Bertz CT molecular complexity index is 844. The van der Waals surface area contributed by atoms with E-state index in [9.17, 15) is 9.90 Å². The highest BCUT2D eigenvalue weighted by Crippen LogP contribution is 2.26. The zero-order valence-electron chi connectivity index (χ0n) is 11.6. The van der Waals surface area contributed by atoms with Crippen LogP contribution in [0.1, 0.15) is 22.8 Å². The molecule has 0 fully saturated rings. The van der Waals surface area contributed by atoms with Crippen molar-refractivity contribution in [3.63, 3.8) is 0 Å². The van der Waals surface area contributed by atoms with Gasteiger partial charge in [-0.25, -0.2) is 19.3 Å². The Labute approximate surface area is 130 Å². The van der Waals surface area contributed by atoms with Crippen LogP contribution in [-0.2, 0) is 6.42 Å². The first-order valence-electron chi connectivity index (χ1n) is 6.57. The molecule has 0 amide bonds. The molecule has 0 aliphatic carbocycles. The van der Waals surface area contributed by atoms with Crippen LogP contribution in [-0.4, -0.2) is 30.7 Å². The normalized spacial score (nSPS) is 10.8. The van der Waals surface area contributed by atoms with Gasteiger partial charge < -0.3 is 10.4 Å². The van der Waals surface area contributed by atoms with Gasteiger partial charge >= 0.3 is 5.97 Å². The van der Waals surface area contributed by atoms with Crippen molar-refractivity contribution in [3.05, 3.63) is 47.1 Å². The third-order valence-corrected chi connectivity index (χ3v) is 3.48. The van der Waals surface area contributed by atoms with Crippen LogP contribution in [0.2, 0.25) is 5.15 Å². The van der Waals surface area contributed by atoms with Gasteiger partial charge in [-0.2, -0.15) is 5.10 Å². The first-order valence-corrected chi connectivity index (χ1v) is 6.95. The summed E-state index contributed by atoms with van der Waals surface area (Å²) < 4.78 is 1.51. The van der Waals surface area contributed by atoms with Crippen molar-refractivity contribution in [1.82, 2.24) is 19.6 Å². The molecule has 0 radical (unpaired) electrons. The molecule has 0 atom stereocenters. The van der Waals surface area contributed by atoms with Crippen LogP contribution in [0.15, 0.2) is 30.9 Å². The number of anilines is 2. The zero-order chi connectivity index (χ0) is 15.7. The maximum absolute atomic E-state index is 11.4. The summed E-state index contributed by atoms with van der Waals surface area (Å²) in [5, 5.41) is 16.9. The fourth-order valence-electron chi connectivity index (χ4n) is 2.29. The number of carboxylic acid groups (broad SMARTS) is 1. The molecule has 3 aromatic rings. The number of pyridine rings is 1. The fraction of sp³-hybridized carbons (Fsp3) is 0.143. The standard InChI is InChI=1S/C14H12ClN5O2/c1-2-9-10(14(21)22)6-20-12(9)13(17-7-18-20)19-8-3-4-11(15)16-5-8/h3-7H,2H2,1H3,(H,21,22)(H,17,18,19). The van der Waals surface area contributed by atoms with E-state index in [0.717, 1.165) is 0 Å². The van der Waals surface area contributed by atoms with E-state index in [2.05, 4.69) is 20.4 Å². The Balaban J connectivity index is 2.13. The van der Waals surface area contributed by atoms with E-state index in [1.807, 2.05) is 6.92 Å². The number of nitrogens with zero attached hydrogens (tertiary/aromatic N) is 4. The van der Waals surface area contributed by atoms with Crippen molar-refractivity contribution in [3.8, 4) is 0 Å². The predicted octanol–water partition coefficient (Wildman–Crippen LogP) is 2.78. The SMILES string of the molecule is CCc1c(C(=O)O)cn2ncnc(Nc3ccc(Cl)nc3)c12. The molecule has 3 heterocycles. The lowest BCUT2D eigenvalue weighted by molar-refractivity contribution is 0.0696. The molecule has 22 heavy (non-hydrogen) atoms. The minimum atomic E-state index is -0.985. The molecule has 0 unspecified atom stereocenters. The lowest BCUT2D eigenvalue weighted by Crippen LogP contribution is -2.01. The van der Waals surface area contributed by atoms with E-state index >= 15 is 0 Å². The topological polar surface area (TPSA) is 92.4 Å². The van der Waals surface area contributed by atoms with Crippen LogP contribution in [0.5, 0.6) is 0 Å². The molecule has 0 aromatic carbocycles. The average molecular weight is 318 g/mol. The van der Waals surface area contributed by atoms with Gasteiger partial charge in [-0.1, -0.05) is 18.5 Å². The summed E-state index contributed by atoms with van der Waals surface area (Å²) in [6.45, 7) is 1.89. The summed E-state index contributed by atoms with van der Waals surface area (Å²) in [4.78, 5) is 19.5. The summed E-state index contributed by atoms with van der Waals surface area (Å²) >= 11 is 5.76. The van der Waals surface area contributed by atoms with Crippen LogP contribution in [0, 0.1) is 0 Å². The number of fused-ring (bicyclic) bond motifs is 1. The van der Waals surface area contributed by atoms with Gasteiger partial charge in [0.25, 0.3) is 0 Å². The Kier molecular flexibility index (Phi) is 3.64. The highest BCUT2D eigenvalue weighted by atomic mass is 35.5. The van der Waals surface area contributed by atoms with Gasteiger partial charge in [-0.15, -0.1) is 0 Å². The van der Waals surface area contributed by atoms with Crippen molar-refractivity contribution < 1.29 is 9.90 Å². The number of carboxylic acids is 1. The highest BCUT2D eigenvalue weighted by Gasteiger charge is 2.19. The molecule has 0 saturated heterocycles. The van der Waals surface area contributed by atoms with Gasteiger partial charge in [0.2, 0.25) is 0 Å². The largest absolute Gasteiger partial charge is 0.478 e. The number of hydrogen-bond acceptors (Lipinski definition) is 5. The molecule has 0 saturated carbocycles. The Morgan fingerprint density at radius 2 is 2.23 bits per heavy atom. The molecule has 3 aromatic heterocycles. The summed E-state index contributed by atoms with van der Waals surface area (Å²) in [5.41, 5.74) is 2.24. The van der Waals surface area contributed by atoms with E-state index in [1.165, 1.54) is 17.0 Å². The number of carbonyl (C=O) groups is 1. The molecule has 0 aliphatic heterocycles. The lowest BCUT2D eigenvalue weighted by atomic mass is 10.1. The van der Waals surface area contributed by atoms with Gasteiger partial charge in [-0.3, -0.25) is 0 Å². The minimum absolute atomic E-state index is 0.222. The van der Waals surface area contributed by atoms with Gasteiger partial charge in [0.05, 0.1) is 17.4 Å². The third kappa shape index (κ3) is 2.46. The maximum Gasteiger partial charge on any atom is 0.337 e. The molecule has 0 bridgehead atoms. The van der Waals surface area contributed by atoms with E-state index in [1.54, 1.807) is 18.3 Å². The molecule has 7 nitrogen and oxygen atoms in total. The van der Waals surface area contributed by atoms with E-state index in [-0.39, 0.29) is 5.56 Å². The number of rotatable bonds is 4. The van der Waals surface area contributed by atoms with Gasteiger partial charge in [0.1, 0.15) is 17.0 Å². The van der Waals surface area contributed by atoms with Crippen LogP contribution in [0.25, 0.3) is 5.52 Å². The van der Waals surface area contributed by atoms with Crippen molar-refractivity contribution in [2.24, 2.45) is 0 Å². The van der Waals surface area contributed by atoms with Crippen LogP contribution >= 0.6 is 11.6 Å². The molecule has 112 valence electrons. The molecule has 2 N–H and O–H groups in total. The average Bonchev–Trinajstić information content (AvgIpc) is 2.89. The molecule has 3 rings (SSSR count). The number of halogens is 1. The highest BCUT2D eigenvalue weighted by molar-refractivity contribution is 6.29. The van der Waals surface area contributed by atoms with Crippen molar-refractivity contribution in [2.45, 2.75) is 13.3 Å². The Hall–Kier alpha value is -2.67. The van der Waals surface area contributed by atoms with Crippen molar-refractivity contribution in [2.75, 3.05) is 5.32 Å². The van der Waals surface area contributed by atoms with Crippen molar-refractivity contribution in [1.29, 1.82) is 0 Å². The van der Waals surface area contributed by atoms with Crippen molar-refractivity contribution >= 4 is 34.6 Å². The summed E-state index contributed by atoms with van der Waals surface area (Å²) in [6, 6.07) is 3.42. The lowest BCUT2D eigenvalue weighted by Gasteiger charge is -2.08. The maximum atomic E-state index is 11.4. The number of aromatic carboxylic acids is 1. The van der Waals surface area contributed by atoms with E-state index in [0.29, 0.717) is 34.2 Å².